The molecule has 3 heteroatoms. The topological polar surface area (TPSA) is 9.23 Å². The van der Waals surface area contributed by atoms with Gasteiger partial charge in [-0.3, -0.25) is 0 Å². The summed E-state index contributed by atoms with van der Waals surface area (Å²) in [6, 6.07) is 9.77. The van der Waals surface area contributed by atoms with Crippen LogP contribution in [0.1, 0.15) is 37.4 Å². The molecule has 0 amide bonds. The van der Waals surface area contributed by atoms with Gasteiger partial charge in [-0.1, -0.05) is 43.2 Å². The summed E-state index contributed by atoms with van der Waals surface area (Å²) in [5.74, 6) is 0. The lowest BCUT2D eigenvalue weighted by molar-refractivity contribution is 0.0516. The molecule has 1 unspecified atom stereocenters. The fourth-order valence-electron chi connectivity index (χ4n) is 3.48. The summed E-state index contributed by atoms with van der Waals surface area (Å²) >= 11 is 0. The van der Waals surface area contributed by atoms with E-state index in [-0.39, 0.29) is 18.3 Å². The number of hydrogen-bond donors (Lipinski definition) is 0. The van der Waals surface area contributed by atoms with E-state index in [0.29, 0.717) is 0 Å². The molecule has 1 aliphatic heterocycles. The van der Waals surface area contributed by atoms with Crippen molar-refractivity contribution >= 4 is 0 Å². The molecule has 1 aromatic rings. The van der Waals surface area contributed by atoms with Crippen molar-refractivity contribution in [2.75, 3.05) is 6.61 Å². The zero-order valence-electron chi connectivity index (χ0n) is 10.2. The first-order valence-corrected chi connectivity index (χ1v) is 6.45. The van der Waals surface area contributed by atoms with Crippen LogP contribution in [-0.4, -0.2) is 6.61 Å². The minimum absolute atomic E-state index is 0.0852. The lowest BCUT2D eigenvalue weighted by atomic mass is 9.74. The lowest BCUT2D eigenvalue weighted by Gasteiger charge is -2.30. The van der Waals surface area contributed by atoms with Gasteiger partial charge in [-0.05, 0) is 18.4 Å². The predicted octanol–water partition coefficient (Wildman–Crippen LogP) is 4.47. The van der Waals surface area contributed by atoms with Crippen LogP contribution in [-0.2, 0) is 4.74 Å². The van der Waals surface area contributed by atoms with Crippen LogP contribution in [0.3, 0.4) is 0 Å². The molecular weight excluding hydrogens is 234 g/mol. The molecule has 1 aliphatic carbocycles. The fourth-order valence-corrected chi connectivity index (χ4v) is 3.48. The van der Waals surface area contributed by atoms with Gasteiger partial charge < -0.3 is 4.74 Å². The average Bonchev–Trinajstić information content (AvgIpc) is 2.99. The van der Waals surface area contributed by atoms with Crippen LogP contribution in [0.25, 0.3) is 0 Å². The van der Waals surface area contributed by atoms with E-state index in [4.69, 9.17) is 4.74 Å². The Hall–Kier alpha value is -1.22. The van der Waals surface area contributed by atoms with Crippen LogP contribution in [0.15, 0.2) is 42.0 Å². The first-order chi connectivity index (χ1) is 8.74. The maximum Gasteiger partial charge on any atom is 0.272 e. The van der Waals surface area contributed by atoms with Crippen LogP contribution in [0.2, 0.25) is 0 Å². The molecule has 18 heavy (non-hydrogen) atoms. The Kier molecular flexibility index (Phi) is 2.94. The summed E-state index contributed by atoms with van der Waals surface area (Å²) in [6.07, 6.45) is 1.94. The molecule has 2 fully saturated rings. The summed E-state index contributed by atoms with van der Waals surface area (Å²) in [5.41, 5.74) is 0.824. The van der Waals surface area contributed by atoms with Crippen molar-refractivity contribution < 1.29 is 13.5 Å². The van der Waals surface area contributed by atoms with Gasteiger partial charge in [0.05, 0.1) is 12.7 Å². The molecule has 3 rings (SSSR count). The first kappa shape index (κ1) is 11.8. The maximum atomic E-state index is 13.1. The van der Waals surface area contributed by atoms with Crippen LogP contribution >= 0.6 is 0 Å². The molecule has 1 heterocycles. The maximum absolute atomic E-state index is 13.1. The van der Waals surface area contributed by atoms with E-state index in [1.165, 1.54) is 0 Å². The quantitative estimate of drug-likeness (QED) is 0.714. The van der Waals surface area contributed by atoms with Gasteiger partial charge in [-0.25, -0.2) is 0 Å². The summed E-state index contributed by atoms with van der Waals surface area (Å²) in [4.78, 5) is 0. The molecule has 0 N–H and O–H groups in total. The summed E-state index contributed by atoms with van der Waals surface area (Å²) in [5, 5.41) is 0. The lowest BCUT2D eigenvalue weighted by Crippen LogP contribution is -2.23. The molecule has 96 valence electrons. The largest absolute Gasteiger partial charge is 0.368 e. The van der Waals surface area contributed by atoms with Gasteiger partial charge >= 0.3 is 0 Å². The van der Waals surface area contributed by atoms with Crippen LogP contribution in [0, 0.1) is 5.41 Å². The predicted molar refractivity (Wildman–Crippen MR) is 65.3 cm³/mol. The monoisotopic (exact) mass is 250 g/mol. The van der Waals surface area contributed by atoms with Crippen LogP contribution in [0.4, 0.5) is 8.78 Å². The highest BCUT2D eigenvalue weighted by Gasteiger charge is 2.51. The number of hydrogen-bond acceptors (Lipinski definition) is 1. The Morgan fingerprint density at radius 3 is 2.39 bits per heavy atom. The minimum Gasteiger partial charge on any atom is -0.368 e. The molecule has 2 aliphatic rings. The Bertz CT molecular complexity index is 457. The second-order valence-electron chi connectivity index (χ2n) is 5.20. The van der Waals surface area contributed by atoms with Crippen molar-refractivity contribution in [1.29, 1.82) is 0 Å². The van der Waals surface area contributed by atoms with Crippen molar-refractivity contribution in [2.24, 2.45) is 5.41 Å². The van der Waals surface area contributed by atoms with E-state index in [0.717, 1.165) is 31.2 Å². The molecule has 0 bridgehead atoms. The molecule has 1 aromatic carbocycles. The normalized spacial score (nSPS) is 25.9. The van der Waals surface area contributed by atoms with Gasteiger partial charge in [0.25, 0.3) is 6.08 Å². The third kappa shape index (κ3) is 1.69. The summed E-state index contributed by atoms with van der Waals surface area (Å²) < 4.78 is 32.0. The van der Waals surface area contributed by atoms with Gasteiger partial charge in [0.2, 0.25) is 0 Å². The third-order valence-electron chi connectivity index (χ3n) is 4.32. The molecule has 1 saturated heterocycles. The van der Waals surface area contributed by atoms with Crippen molar-refractivity contribution in [3.63, 3.8) is 0 Å². The van der Waals surface area contributed by atoms with Crippen molar-refractivity contribution in [1.82, 2.24) is 0 Å². The van der Waals surface area contributed by atoms with Crippen molar-refractivity contribution in [2.45, 2.75) is 31.8 Å². The van der Waals surface area contributed by atoms with Gasteiger partial charge in [-0.15, -0.1) is 0 Å². The van der Waals surface area contributed by atoms with Crippen molar-refractivity contribution in [3.05, 3.63) is 47.5 Å². The zero-order valence-corrected chi connectivity index (χ0v) is 10.2. The summed E-state index contributed by atoms with van der Waals surface area (Å²) in [6.45, 7) is 0.0852. The van der Waals surface area contributed by atoms with E-state index < -0.39 is 11.5 Å². The zero-order chi connectivity index (χ0) is 12.6. The van der Waals surface area contributed by atoms with Gasteiger partial charge in [0.15, 0.2) is 0 Å². The molecule has 1 atom stereocenters. The number of halogens is 2. The van der Waals surface area contributed by atoms with Crippen molar-refractivity contribution in [3.8, 4) is 0 Å². The Morgan fingerprint density at radius 2 is 1.78 bits per heavy atom. The third-order valence-corrected chi connectivity index (χ3v) is 4.32. The molecule has 1 saturated carbocycles. The van der Waals surface area contributed by atoms with E-state index in [9.17, 15) is 8.78 Å². The SMILES string of the molecule is FC(F)=C1COC(c2ccccc2)C12CCCC2. The molecule has 1 nitrogen and oxygen atoms in total. The average molecular weight is 250 g/mol. The molecule has 0 radical (unpaired) electrons. The first-order valence-electron chi connectivity index (χ1n) is 6.45. The highest BCUT2D eigenvalue weighted by molar-refractivity contribution is 5.31. The highest BCUT2D eigenvalue weighted by Crippen LogP contribution is 2.59. The fraction of sp³-hybridized carbons (Fsp3) is 0.467. The summed E-state index contributed by atoms with van der Waals surface area (Å²) in [7, 11) is 0. The Morgan fingerprint density at radius 1 is 1.11 bits per heavy atom. The van der Waals surface area contributed by atoms with E-state index >= 15 is 0 Å². The standard InChI is InChI=1S/C15H16F2O/c16-14(17)12-10-18-13(11-6-2-1-3-7-11)15(12)8-4-5-9-15/h1-3,6-7,13H,4-5,8-10H2. The molecule has 1 spiro atoms. The Balaban J connectivity index is 2.04. The second kappa shape index (κ2) is 4.47. The number of ether oxygens (including phenoxy) is 1. The van der Waals surface area contributed by atoms with E-state index in [2.05, 4.69) is 0 Å². The molecule has 0 aromatic heterocycles. The van der Waals surface area contributed by atoms with E-state index in [1.807, 2.05) is 30.3 Å². The number of rotatable bonds is 1. The smallest absolute Gasteiger partial charge is 0.272 e. The van der Waals surface area contributed by atoms with Gasteiger partial charge in [0, 0.05) is 11.0 Å². The number of benzene rings is 1. The highest BCUT2D eigenvalue weighted by atomic mass is 19.3. The van der Waals surface area contributed by atoms with E-state index in [1.54, 1.807) is 0 Å². The van der Waals surface area contributed by atoms with Crippen LogP contribution < -0.4 is 0 Å². The minimum atomic E-state index is -1.53. The van der Waals surface area contributed by atoms with Gasteiger partial charge in [0.1, 0.15) is 0 Å². The second-order valence-corrected chi connectivity index (χ2v) is 5.20. The van der Waals surface area contributed by atoms with Gasteiger partial charge in [-0.2, -0.15) is 8.78 Å². The Labute approximate surface area is 105 Å². The molecular formula is C15H16F2O. The van der Waals surface area contributed by atoms with Crippen LogP contribution in [0.5, 0.6) is 0 Å².